The molecule has 4 N–H and O–H groups in total. The fraction of sp³-hybridized carbons (Fsp3) is 0.875. The molecule has 1 unspecified atom stereocenters. The van der Waals surface area contributed by atoms with Gasteiger partial charge in [0.05, 0.1) is 12.4 Å². The summed E-state index contributed by atoms with van der Waals surface area (Å²) in [6, 6.07) is 0.250. The molecule has 0 bridgehead atoms. The van der Waals surface area contributed by atoms with Gasteiger partial charge in [-0.15, -0.1) is 0 Å². The van der Waals surface area contributed by atoms with Gasteiger partial charge in [-0.25, -0.2) is 0 Å². The maximum atomic E-state index is 8.72. The fourth-order valence-electron chi connectivity index (χ4n) is 1.27. The Morgan fingerprint density at radius 3 is 2.58 bits per heavy atom. The largest absolute Gasteiger partial charge is 0.395 e. The van der Waals surface area contributed by atoms with Crippen LogP contribution < -0.4 is 5.73 Å². The zero-order valence-corrected chi connectivity index (χ0v) is 7.88. The molecular formula is C8H19N3O. The minimum atomic E-state index is 0.163. The van der Waals surface area contributed by atoms with Crippen LogP contribution in [0.4, 0.5) is 0 Å². The lowest BCUT2D eigenvalue weighted by Crippen LogP contribution is -2.37. The number of hydrogen-bond donors (Lipinski definition) is 3. The number of aliphatic hydroxyl groups is 1. The van der Waals surface area contributed by atoms with Gasteiger partial charge < -0.3 is 10.8 Å². The van der Waals surface area contributed by atoms with Gasteiger partial charge in [0, 0.05) is 19.0 Å². The van der Waals surface area contributed by atoms with Crippen molar-refractivity contribution < 1.29 is 5.11 Å². The van der Waals surface area contributed by atoms with Gasteiger partial charge in [0.15, 0.2) is 0 Å². The maximum Gasteiger partial charge on any atom is 0.0920 e. The third-order valence-electron chi connectivity index (χ3n) is 1.93. The van der Waals surface area contributed by atoms with Crippen molar-refractivity contribution in [2.45, 2.75) is 26.3 Å². The highest BCUT2D eigenvalue weighted by Crippen LogP contribution is 2.01. The Morgan fingerprint density at radius 1 is 1.67 bits per heavy atom. The van der Waals surface area contributed by atoms with Crippen molar-refractivity contribution in [3.63, 3.8) is 0 Å². The van der Waals surface area contributed by atoms with E-state index < -0.39 is 0 Å². The van der Waals surface area contributed by atoms with Gasteiger partial charge in [-0.1, -0.05) is 6.92 Å². The maximum absolute atomic E-state index is 8.72. The summed E-state index contributed by atoms with van der Waals surface area (Å²) in [5.41, 5.74) is 5.28. The smallest absolute Gasteiger partial charge is 0.0920 e. The van der Waals surface area contributed by atoms with Gasteiger partial charge in [-0.05, 0) is 13.5 Å². The van der Waals surface area contributed by atoms with E-state index in [1.54, 1.807) is 0 Å². The number of aliphatic hydroxyl groups excluding tert-OH is 1. The minimum Gasteiger partial charge on any atom is -0.395 e. The quantitative estimate of drug-likeness (QED) is 0.391. The molecule has 0 fully saturated rings. The van der Waals surface area contributed by atoms with Gasteiger partial charge in [0.25, 0.3) is 0 Å². The van der Waals surface area contributed by atoms with Crippen LogP contribution in [0.3, 0.4) is 0 Å². The SMILES string of the molecule is CCN(CCO)C(C)CC(=N)N. The van der Waals surface area contributed by atoms with E-state index in [1.807, 2.05) is 13.8 Å². The minimum absolute atomic E-state index is 0.163. The molecule has 0 aliphatic heterocycles. The van der Waals surface area contributed by atoms with E-state index in [-0.39, 0.29) is 18.5 Å². The van der Waals surface area contributed by atoms with Crippen molar-refractivity contribution in [3.8, 4) is 0 Å². The number of nitrogens with two attached hydrogens (primary N) is 1. The Kier molecular flexibility index (Phi) is 5.66. The molecule has 12 heavy (non-hydrogen) atoms. The fourth-order valence-corrected chi connectivity index (χ4v) is 1.27. The molecular weight excluding hydrogens is 154 g/mol. The summed E-state index contributed by atoms with van der Waals surface area (Å²) in [6.45, 7) is 5.75. The third-order valence-corrected chi connectivity index (χ3v) is 1.93. The summed E-state index contributed by atoms with van der Waals surface area (Å²) in [4.78, 5) is 2.10. The molecule has 0 aliphatic carbocycles. The lowest BCUT2D eigenvalue weighted by Gasteiger charge is -2.26. The molecule has 4 heteroatoms. The second-order valence-corrected chi connectivity index (χ2v) is 2.93. The van der Waals surface area contributed by atoms with Gasteiger partial charge in [0.2, 0.25) is 0 Å². The number of rotatable bonds is 6. The second kappa shape index (κ2) is 5.97. The lowest BCUT2D eigenvalue weighted by atomic mass is 10.2. The Hall–Kier alpha value is -0.610. The van der Waals surface area contributed by atoms with Crippen LogP contribution in [0.25, 0.3) is 0 Å². The molecule has 0 saturated heterocycles. The zero-order valence-electron chi connectivity index (χ0n) is 7.88. The van der Waals surface area contributed by atoms with Gasteiger partial charge in [0.1, 0.15) is 0 Å². The topological polar surface area (TPSA) is 73.3 Å². The summed E-state index contributed by atoms with van der Waals surface area (Å²) in [7, 11) is 0. The summed E-state index contributed by atoms with van der Waals surface area (Å²) in [5.74, 6) is 0.207. The number of amidine groups is 1. The molecule has 0 heterocycles. The summed E-state index contributed by atoms with van der Waals surface area (Å²) >= 11 is 0. The average Bonchev–Trinajstić information content (AvgIpc) is 1.98. The van der Waals surface area contributed by atoms with E-state index in [0.717, 1.165) is 6.54 Å². The van der Waals surface area contributed by atoms with Crippen molar-refractivity contribution in [3.05, 3.63) is 0 Å². The molecule has 0 aliphatic rings. The summed E-state index contributed by atoms with van der Waals surface area (Å²) < 4.78 is 0. The Bertz CT molecular complexity index is 138. The van der Waals surface area contributed by atoms with Crippen molar-refractivity contribution in [2.75, 3.05) is 19.7 Å². The van der Waals surface area contributed by atoms with Crippen molar-refractivity contribution in [2.24, 2.45) is 5.73 Å². The third kappa shape index (κ3) is 4.31. The molecule has 0 radical (unpaired) electrons. The van der Waals surface area contributed by atoms with Crippen molar-refractivity contribution in [1.82, 2.24) is 4.90 Å². The molecule has 0 rings (SSSR count). The average molecular weight is 173 g/mol. The van der Waals surface area contributed by atoms with Crippen LogP contribution in [0.2, 0.25) is 0 Å². The predicted molar refractivity (Wildman–Crippen MR) is 50.3 cm³/mol. The van der Waals surface area contributed by atoms with Gasteiger partial charge in [-0.2, -0.15) is 0 Å². The highest BCUT2D eigenvalue weighted by atomic mass is 16.3. The molecule has 0 aromatic rings. The van der Waals surface area contributed by atoms with Crippen LogP contribution in [-0.2, 0) is 0 Å². The first-order valence-electron chi connectivity index (χ1n) is 4.29. The number of nitrogens with zero attached hydrogens (tertiary/aromatic N) is 1. The Balaban J connectivity index is 3.84. The van der Waals surface area contributed by atoms with E-state index in [9.17, 15) is 0 Å². The molecule has 4 nitrogen and oxygen atoms in total. The standard InChI is InChI=1S/C8H19N3O/c1-3-11(4-5-12)7(2)6-8(9)10/h7,12H,3-6H2,1-2H3,(H3,9,10). The molecule has 1 atom stereocenters. The highest BCUT2D eigenvalue weighted by molar-refractivity contribution is 5.77. The molecule has 0 spiro atoms. The molecule has 0 saturated carbocycles. The van der Waals surface area contributed by atoms with Gasteiger partial charge >= 0.3 is 0 Å². The van der Waals surface area contributed by atoms with E-state index in [2.05, 4.69) is 4.90 Å². The number of hydrogen-bond acceptors (Lipinski definition) is 3. The Morgan fingerprint density at radius 2 is 2.25 bits per heavy atom. The normalized spacial score (nSPS) is 13.3. The number of nitrogens with one attached hydrogen (secondary N) is 1. The first-order valence-corrected chi connectivity index (χ1v) is 4.29. The lowest BCUT2D eigenvalue weighted by molar-refractivity contribution is 0.167. The van der Waals surface area contributed by atoms with Gasteiger partial charge in [-0.3, -0.25) is 10.3 Å². The summed E-state index contributed by atoms with van der Waals surface area (Å²) in [5, 5.41) is 15.8. The highest BCUT2D eigenvalue weighted by Gasteiger charge is 2.11. The van der Waals surface area contributed by atoms with Crippen LogP contribution in [0.15, 0.2) is 0 Å². The molecule has 0 amide bonds. The summed E-state index contributed by atoms with van der Waals surface area (Å²) in [6.07, 6.45) is 0.577. The predicted octanol–water partition coefficient (Wildman–Crippen LogP) is 0.0152. The first kappa shape index (κ1) is 11.4. The number of likely N-dealkylation sites (N-methyl/N-ethyl adjacent to an activating group) is 1. The van der Waals surface area contributed by atoms with Crippen molar-refractivity contribution in [1.29, 1.82) is 5.41 Å². The van der Waals surface area contributed by atoms with Crippen LogP contribution in [0.1, 0.15) is 20.3 Å². The zero-order chi connectivity index (χ0) is 9.56. The second-order valence-electron chi connectivity index (χ2n) is 2.93. The molecule has 72 valence electrons. The Labute approximate surface area is 73.9 Å². The monoisotopic (exact) mass is 173 g/mol. The molecule has 0 aromatic carbocycles. The van der Waals surface area contributed by atoms with Crippen LogP contribution in [-0.4, -0.2) is 41.6 Å². The van der Waals surface area contributed by atoms with E-state index >= 15 is 0 Å². The van der Waals surface area contributed by atoms with E-state index in [1.165, 1.54) is 0 Å². The van der Waals surface area contributed by atoms with E-state index in [4.69, 9.17) is 16.2 Å². The van der Waals surface area contributed by atoms with Crippen LogP contribution >= 0.6 is 0 Å². The van der Waals surface area contributed by atoms with Crippen LogP contribution in [0.5, 0.6) is 0 Å². The van der Waals surface area contributed by atoms with Crippen LogP contribution in [0, 0.1) is 5.41 Å². The first-order chi connectivity index (χ1) is 5.61. The van der Waals surface area contributed by atoms with Crippen molar-refractivity contribution >= 4 is 5.84 Å². The molecule has 0 aromatic heterocycles. The van der Waals surface area contributed by atoms with E-state index in [0.29, 0.717) is 13.0 Å².